The Labute approximate surface area is 207 Å². The zero-order valence-electron chi connectivity index (χ0n) is 21.1. The molecule has 1 atom stereocenters. The van der Waals surface area contributed by atoms with Crippen molar-refractivity contribution < 1.29 is 19.1 Å². The van der Waals surface area contributed by atoms with Crippen molar-refractivity contribution >= 4 is 17.5 Å². The normalized spacial score (nSPS) is 17.2. The molecule has 0 aromatic heterocycles. The second kappa shape index (κ2) is 10.7. The Morgan fingerprint density at radius 2 is 1.66 bits per heavy atom. The number of methoxy groups -OCH3 is 2. The molecule has 0 saturated carbocycles. The third kappa shape index (κ3) is 4.73. The van der Waals surface area contributed by atoms with Crippen molar-refractivity contribution in [3.63, 3.8) is 0 Å². The summed E-state index contributed by atoms with van der Waals surface area (Å²) in [5.74, 6) is 0.648. The van der Waals surface area contributed by atoms with Gasteiger partial charge in [0.1, 0.15) is 0 Å². The maximum Gasteiger partial charge on any atom is 0.264 e. The highest BCUT2D eigenvalue weighted by atomic mass is 16.5. The number of carbonyl (C=O) groups excluding carboxylic acids is 2. The Bertz CT molecular complexity index is 1080. The van der Waals surface area contributed by atoms with Crippen LogP contribution in [-0.4, -0.2) is 74.6 Å². The van der Waals surface area contributed by atoms with Gasteiger partial charge < -0.3 is 20.1 Å². The summed E-state index contributed by atoms with van der Waals surface area (Å²) < 4.78 is 10.9. The van der Waals surface area contributed by atoms with Gasteiger partial charge in [0.15, 0.2) is 11.5 Å². The number of fused-ring (bicyclic) bond motifs is 1. The molecule has 2 aliphatic heterocycles. The Morgan fingerprint density at radius 1 is 0.943 bits per heavy atom. The highest BCUT2D eigenvalue weighted by molar-refractivity contribution is 6.24. The van der Waals surface area contributed by atoms with E-state index in [4.69, 9.17) is 15.2 Å². The van der Waals surface area contributed by atoms with E-state index < -0.39 is 6.04 Å². The Balaban J connectivity index is 1.68. The number of benzene rings is 2. The molecule has 2 aromatic carbocycles. The quantitative estimate of drug-likeness (QED) is 0.551. The molecule has 188 valence electrons. The molecule has 35 heavy (non-hydrogen) atoms. The van der Waals surface area contributed by atoms with E-state index >= 15 is 0 Å². The smallest absolute Gasteiger partial charge is 0.264 e. The minimum Gasteiger partial charge on any atom is -0.493 e. The molecule has 2 N–H and O–H groups in total. The molecule has 2 amide bonds. The number of imide groups is 1. The lowest BCUT2D eigenvalue weighted by Crippen LogP contribution is -2.49. The number of piperazine rings is 1. The van der Waals surface area contributed by atoms with Gasteiger partial charge in [-0.3, -0.25) is 19.4 Å². The summed E-state index contributed by atoms with van der Waals surface area (Å²) in [6.45, 7) is 8.37. The number of carbonyl (C=O) groups is 2. The van der Waals surface area contributed by atoms with Gasteiger partial charge in [-0.25, -0.2) is 0 Å². The molecular formula is C27H36N4O4. The minimum absolute atomic E-state index is 0.247. The van der Waals surface area contributed by atoms with Gasteiger partial charge in [0.25, 0.3) is 11.8 Å². The van der Waals surface area contributed by atoms with Gasteiger partial charge in [0.2, 0.25) is 0 Å². The molecule has 0 spiro atoms. The van der Waals surface area contributed by atoms with Crippen LogP contribution in [0.1, 0.15) is 59.0 Å². The standard InChI is InChI=1S/C27H36N4O4/c1-18(2)29-13-15-30(16-14-29)22-8-5-7-20-25(22)27(33)31(26(20)32)21(9-6-12-28)19-10-11-23(34-3)24(17-19)35-4/h5,7-8,10-11,17-18,21H,6,9,12-16,28H2,1-4H3. The molecule has 2 heterocycles. The number of anilines is 1. The van der Waals surface area contributed by atoms with Crippen LogP contribution in [0.25, 0.3) is 0 Å². The second-order valence-electron chi connectivity index (χ2n) is 9.36. The van der Waals surface area contributed by atoms with E-state index in [1.807, 2.05) is 24.3 Å². The van der Waals surface area contributed by atoms with Crippen LogP contribution in [0.4, 0.5) is 5.69 Å². The van der Waals surface area contributed by atoms with Gasteiger partial charge in [-0.1, -0.05) is 12.1 Å². The Hall–Kier alpha value is -3.10. The summed E-state index contributed by atoms with van der Waals surface area (Å²) >= 11 is 0. The molecule has 1 unspecified atom stereocenters. The molecule has 8 heteroatoms. The monoisotopic (exact) mass is 480 g/mol. The van der Waals surface area contributed by atoms with Crippen molar-refractivity contribution in [2.45, 2.75) is 38.8 Å². The van der Waals surface area contributed by atoms with Crippen molar-refractivity contribution in [1.29, 1.82) is 0 Å². The second-order valence-corrected chi connectivity index (χ2v) is 9.36. The number of nitrogens with zero attached hydrogens (tertiary/aromatic N) is 3. The predicted octanol–water partition coefficient (Wildman–Crippen LogP) is 3.31. The number of hydrogen-bond donors (Lipinski definition) is 1. The van der Waals surface area contributed by atoms with Crippen LogP contribution in [0, 0.1) is 0 Å². The maximum atomic E-state index is 13.9. The molecule has 4 rings (SSSR count). The molecular weight excluding hydrogens is 444 g/mol. The Kier molecular flexibility index (Phi) is 7.62. The van der Waals surface area contributed by atoms with Crippen molar-refractivity contribution in [3.8, 4) is 11.5 Å². The van der Waals surface area contributed by atoms with E-state index in [1.165, 1.54) is 4.90 Å². The summed E-state index contributed by atoms with van der Waals surface area (Å²) in [6, 6.07) is 11.2. The van der Waals surface area contributed by atoms with E-state index in [1.54, 1.807) is 26.4 Å². The number of hydrogen-bond acceptors (Lipinski definition) is 7. The molecule has 0 radical (unpaired) electrons. The van der Waals surface area contributed by atoms with E-state index in [-0.39, 0.29) is 11.8 Å². The van der Waals surface area contributed by atoms with Crippen LogP contribution in [0.15, 0.2) is 36.4 Å². The van der Waals surface area contributed by atoms with Gasteiger partial charge in [0, 0.05) is 32.2 Å². The van der Waals surface area contributed by atoms with E-state index in [0.29, 0.717) is 48.1 Å². The average Bonchev–Trinajstić information content (AvgIpc) is 3.14. The zero-order valence-corrected chi connectivity index (χ0v) is 21.1. The third-order valence-electron chi connectivity index (χ3n) is 7.10. The largest absolute Gasteiger partial charge is 0.493 e. The molecule has 1 fully saturated rings. The minimum atomic E-state index is -0.448. The number of rotatable bonds is 9. The lowest BCUT2D eigenvalue weighted by Gasteiger charge is -2.38. The molecule has 1 saturated heterocycles. The van der Waals surface area contributed by atoms with Gasteiger partial charge in [-0.15, -0.1) is 0 Å². The average molecular weight is 481 g/mol. The Morgan fingerprint density at radius 3 is 2.29 bits per heavy atom. The summed E-state index contributed by atoms with van der Waals surface area (Å²) in [5.41, 5.74) is 8.46. The predicted molar refractivity (Wildman–Crippen MR) is 136 cm³/mol. The first-order chi connectivity index (χ1) is 16.9. The SMILES string of the molecule is COc1ccc(C(CCCN)N2C(=O)c3cccc(N4CCN(C(C)C)CC4)c3C2=O)cc1OC. The first kappa shape index (κ1) is 25.0. The molecule has 2 aliphatic rings. The van der Waals surface area contributed by atoms with Crippen LogP contribution >= 0.6 is 0 Å². The van der Waals surface area contributed by atoms with Crippen molar-refractivity contribution in [3.05, 3.63) is 53.1 Å². The first-order valence-corrected chi connectivity index (χ1v) is 12.3. The van der Waals surface area contributed by atoms with Crippen LogP contribution in [0.5, 0.6) is 11.5 Å². The van der Waals surface area contributed by atoms with Crippen molar-refractivity contribution in [2.24, 2.45) is 5.73 Å². The van der Waals surface area contributed by atoms with Crippen molar-refractivity contribution in [1.82, 2.24) is 9.80 Å². The third-order valence-corrected chi connectivity index (χ3v) is 7.10. The van der Waals surface area contributed by atoms with Crippen LogP contribution in [0.2, 0.25) is 0 Å². The lowest BCUT2D eigenvalue weighted by molar-refractivity contribution is 0.0572. The number of nitrogens with two attached hydrogens (primary N) is 1. The van der Waals surface area contributed by atoms with Crippen LogP contribution in [-0.2, 0) is 0 Å². The van der Waals surface area contributed by atoms with Gasteiger partial charge in [0.05, 0.1) is 37.1 Å². The summed E-state index contributed by atoms with van der Waals surface area (Å²) in [4.78, 5) is 33.6. The van der Waals surface area contributed by atoms with Crippen molar-refractivity contribution in [2.75, 3.05) is 51.8 Å². The van der Waals surface area contributed by atoms with Gasteiger partial charge in [-0.05, 0) is 63.1 Å². The fourth-order valence-electron chi connectivity index (χ4n) is 5.13. The molecule has 8 nitrogen and oxygen atoms in total. The fraction of sp³-hybridized carbons (Fsp3) is 0.481. The van der Waals surface area contributed by atoms with E-state index in [0.717, 1.165) is 37.4 Å². The van der Waals surface area contributed by atoms with E-state index in [2.05, 4.69) is 23.6 Å². The highest BCUT2D eigenvalue weighted by Gasteiger charge is 2.43. The topological polar surface area (TPSA) is 88.3 Å². The zero-order chi connectivity index (χ0) is 25.1. The molecule has 0 aliphatic carbocycles. The summed E-state index contributed by atoms with van der Waals surface area (Å²) in [7, 11) is 3.15. The summed E-state index contributed by atoms with van der Waals surface area (Å²) in [5, 5.41) is 0. The highest BCUT2D eigenvalue weighted by Crippen LogP contribution is 2.40. The van der Waals surface area contributed by atoms with E-state index in [9.17, 15) is 9.59 Å². The lowest BCUT2D eigenvalue weighted by atomic mass is 9.99. The number of amides is 2. The fourth-order valence-corrected chi connectivity index (χ4v) is 5.13. The van der Waals surface area contributed by atoms with Gasteiger partial charge in [-0.2, -0.15) is 0 Å². The summed E-state index contributed by atoms with van der Waals surface area (Å²) in [6.07, 6.45) is 1.25. The first-order valence-electron chi connectivity index (χ1n) is 12.3. The maximum absolute atomic E-state index is 13.9. The molecule has 0 bridgehead atoms. The van der Waals surface area contributed by atoms with Crippen LogP contribution in [0.3, 0.4) is 0 Å². The molecule has 2 aromatic rings. The van der Waals surface area contributed by atoms with Crippen LogP contribution < -0.4 is 20.1 Å². The van der Waals surface area contributed by atoms with Gasteiger partial charge >= 0.3 is 0 Å². The number of ether oxygens (including phenoxy) is 2.